The summed E-state index contributed by atoms with van der Waals surface area (Å²) in [4.78, 5) is 25.6. The maximum absolute atomic E-state index is 13.3. The van der Waals surface area contributed by atoms with Crippen LogP contribution in [-0.2, 0) is 16.1 Å². The average molecular weight is 507 g/mol. The van der Waals surface area contributed by atoms with Gasteiger partial charge in [-0.3, -0.25) is 14.9 Å². The molecule has 4 aromatic rings. The summed E-state index contributed by atoms with van der Waals surface area (Å²) in [6.45, 7) is 0.520. The number of hydrogen-bond acceptors (Lipinski definition) is 5. The number of para-hydroxylation sites is 2. The molecule has 0 aromatic heterocycles. The van der Waals surface area contributed by atoms with Crippen LogP contribution in [0.5, 0.6) is 5.75 Å². The third kappa shape index (κ3) is 7.32. The van der Waals surface area contributed by atoms with Crippen molar-refractivity contribution < 1.29 is 14.3 Å². The molecular formula is C31H30N4O3. The molecule has 0 saturated heterocycles. The molecule has 1 unspecified atom stereocenters. The average Bonchev–Trinajstić information content (AvgIpc) is 2.95. The van der Waals surface area contributed by atoms with E-state index in [1.165, 1.54) is 6.08 Å². The molecule has 0 bridgehead atoms. The van der Waals surface area contributed by atoms with E-state index in [1.807, 2.05) is 60.7 Å². The molecule has 0 aliphatic heterocycles. The van der Waals surface area contributed by atoms with E-state index in [0.29, 0.717) is 29.4 Å². The van der Waals surface area contributed by atoms with E-state index in [-0.39, 0.29) is 11.8 Å². The number of benzene rings is 4. The largest absolute Gasteiger partial charge is 0.497 e. The first-order chi connectivity index (χ1) is 18.5. The minimum atomic E-state index is -0.598. The van der Waals surface area contributed by atoms with Gasteiger partial charge in [-0.25, -0.2) is 0 Å². The van der Waals surface area contributed by atoms with Crippen molar-refractivity contribution in [3.8, 4) is 5.75 Å². The number of hydrogen-bond donors (Lipinski definition) is 4. The lowest BCUT2D eigenvalue weighted by Crippen LogP contribution is -2.32. The standard InChI is InChI=1S/C31H30N4O3/c1-38-26-18-16-25(17-19-26)34-31(37)30(33-21-23-7-3-2-4-8-23)24-14-11-22(12-15-24)13-20-29(36)35-28-10-6-5-9-27(28)32/h2-20,30,33H,21,32H2,1H3,(H,34,37)(H,35,36). The maximum Gasteiger partial charge on any atom is 0.248 e. The maximum atomic E-state index is 13.3. The first-order valence-corrected chi connectivity index (χ1v) is 12.2. The van der Waals surface area contributed by atoms with E-state index in [0.717, 1.165) is 16.7 Å². The number of carbonyl (C=O) groups excluding carboxylic acids is 2. The van der Waals surface area contributed by atoms with Gasteiger partial charge in [-0.05, 0) is 59.2 Å². The number of methoxy groups -OCH3 is 1. The topological polar surface area (TPSA) is 105 Å². The van der Waals surface area contributed by atoms with Gasteiger partial charge in [0, 0.05) is 18.3 Å². The van der Waals surface area contributed by atoms with Crippen LogP contribution in [-0.4, -0.2) is 18.9 Å². The Bertz CT molecular complexity index is 1390. The van der Waals surface area contributed by atoms with Gasteiger partial charge in [-0.2, -0.15) is 0 Å². The van der Waals surface area contributed by atoms with E-state index in [2.05, 4.69) is 16.0 Å². The number of nitrogen functional groups attached to an aromatic ring is 1. The first kappa shape index (κ1) is 26.2. The van der Waals surface area contributed by atoms with E-state index >= 15 is 0 Å². The van der Waals surface area contributed by atoms with E-state index < -0.39 is 6.04 Å². The molecule has 7 nitrogen and oxygen atoms in total. The molecule has 0 saturated carbocycles. The molecule has 38 heavy (non-hydrogen) atoms. The molecule has 192 valence electrons. The van der Waals surface area contributed by atoms with Crippen molar-refractivity contribution in [1.29, 1.82) is 0 Å². The quantitative estimate of drug-likeness (QED) is 0.170. The van der Waals surface area contributed by atoms with Crippen LogP contribution in [0.4, 0.5) is 17.1 Å². The predicted octanol–water partition coefficient (Wildman–Crippen LogP) is 5.40. The lowest BCUT2D eigenvalue weighted by Gasteiger charge is -2.19. The lowest BCUT2D eigenvalue weighted by molar-refractivity contribution is -0.118. The third-order valence-electron chi connectivity index (χ3n) is 5.89. The van der Waals surface area contributed by atoms with Crippen molar-refractivity contribution in [2.45, 2.75) is 12.6 Å². The van der Waals surface area contributed by atoms with Crippen molar-refractivity contribution in [2.24, 2.45) is 0 Å². The van der Waals surface area contributed by atoms with Gasteiger partial charge in [0.1, 0.15) is 11.8 Å². The number of nitrogens with one attached hydrogen (secondary N) is 3. The normalized spacial score (nSPS) is 11.6. The van der Waals surface area contributed by atoms with Crippen LogP contribution in [0, 0.1) is 0 Å². The number of nitrogens with two attached hydrogens (primary N) is 1. The van der Waals surface area contributed by atoms with Crippen LogP contribution in [0.2, 0.25) is 0 Å². The molecule has 4 rings (SSSR count). The highest BCUT2D eigenvalue weighted by molar-refractivity contribution is 6.03. The predicted molar refractivity (Wildman–Crippen MR) is 153 cm³/mol. The molecule has 7 heteroatoms. The molecule has 0 spiro atoms. The van der Waals surface area contributed by atoms with Gasteiger partial charge in [-0.15, -0.1) is 0 Å². The van der Waals surface area contributed by atoms with Crippen molar-refractivity contribution in [3.05, 3.63) is 126 Å². The smallest absolute Gasteiger partial charge is 0.248 e. The van der Waals surface area contributed by atoms with Gasteiger partial charge < -0.3 is 21.1 Å². The molecule has 2 amide bonds. The van der Waals surface area contributed by atoms with E-state index in [9.17, 15) is 9.59 Å². The van der Waals surface area contributed by atoms with Gasteiger partial charge in [0.05, 0.1) is 18.5 Å². The minimum Gasteiger partial charge on any atom is -0.497 e. The number of ether oxygens (including phenoxy) is 1. The molecule has 0 radical (unpaired) electrons. The summed E-state index contributed by atoms with van der Waals surface area (Å²) in [6, 6.07) is 31.1. The van der Waals surface area contributed by atoms with Gasteiger partial charge in [-0.1, -0.05) is 66.7 Å². The Morgan fingerprint density at radius 3 is 2.21 bits per heavy atom. The highest BCUT2D eigenvalue weighted by Crippen LogP contribution is 2.21. The zero-order valence-electron chi connectivity index (χ0n) is 21.1. The Balaban J connectivity index is 1.46. The van der Waals surface area contributed by atoms with Crippen molar-refractivity contribution in [1.82, 2.24) is 5.32 Å². The highest BCUT2D eigenvalue weighted by Gasteiger charge is 2.20. The number of anilines is 3. The second-order valence-electron chi connectivity index (χ2n) is 8.59. The molecule has 0 heterocycles. The highest BCUT2D eigenvalue weighted by atomic mass is 16.5. The van der Waals surface area contributed by atoms with Crippen LogP contribution in [0.15, 0.2) is 109 Å². The second kappa shape index (κ2) is 12.9. The molecule has 0 aliphatic carbocycles. The fraction of sp³-hybridized carbons (Fsp3) is 0.0968. The van der Waals surface area contributed by atoms with Gasteiger partial charge in [0.15, 0.2) is 0 Å². The summed E-state index contributed by atoms with van der Waals surface area (Å²) >= 11 is 0. The Hall–Kier alpha value is -4.88. The summed E-state index contributed by atoms with van der Waals surface area (Å²) < 4.78 is 5.20. The van der Waals surface area contributed by atoms with Crippen LogP contribution in [0.25, 0.3) is 6.08 Å². The Kier molecular flexibility index (Phi) is 8.89. The minimum absolute atomic E-state index is 0.186. The summed E-state index contributed by atoms with van der Waals surface area (Å²) in [6.07, 6.45) is 3.16. The van der Waals surface area contributed by atoms with Crippen molar-refractivity contribution in [2.75, 3.05) is 23.5 Å². The summed E-state index contributed by atoms with van der Waals surface area (Å²) in [7, 11) is 1.60. The zero-order chi connectivity index (χ0) is 26.7. The Labute approximate surface area is 222 Å². The molecular weight excluding hydrogens is 476 g/mol. The summed E-state index contributed by atoms with van der Waals surface area (Å²) in [5, 5.41) is 9.11. The number of carbonyl (C=O) groups is 2. The lowest BCUT2D eigenvalue weighted by atomic mass is 10.0. The number of amides is 2. The van der Waals surface area contributed by atoms with E-state index in [1.54, 1.807) is 55.7 Å². The molecule has 5 N–H and O–H groups in total. The number of rotatable bonds is 10. The van der Waals surface area contributed by atoms with Crippen LogP contribution in [0.1, 0.15) is 22.7 Å². The van der Waals surface area contributed by atoms with Gasteiger partial charge in [0.25, 0.3) is 0 Å². The fourth-order valence-electron chi connectivity index (χ4n) is 3.82. The Morgan fingerprint density at radius 1 is 0.842 bits per heavy atom. The second-order valence-corrected chi connectivity index (χ2v) is 8.59. The van der Waals surface area contributed by atoms with Gasteiger partial charge in [0.2, 0.25) is 11.8 Å². The van der Waals surface area contributed by atoms with Crippen LogP contribution in [0.3, 0.4) is 0 Å². The Morgan fingerprint density at radius 2 is 1.53 bits per heavy atom. The van der Waals surface area contributed by atoms with Crippen LogP contribution >= 0.6 is 0 Å². The molecule has 0 aliphatic rings. The van der Waals surface area contributed by atoms with Crippen LogP contribution < -0.4 is 26.4 Å². The molecule has 1 atom stereocenters. The first-order valence-electron chi connectivity index (χ1n) is 12.2. The summed E-state index contributed by atoms with van der Waals surface area (Å²) in [5.41, 5.74) is 10.3. The molecule has 0 fully saturated rings. The van der Waals surface area contributed by atoms with Crippen molar-refractivity contribution >= 4 is 35.0 Å². The van der Waals surface area contributed by atoms with Gasteiger partial charge >= 0.3 is 0 Å². The summed E-state index contributed by atoms with van der Waals surface area (Å²) in [5.74, 6) is 0.244. The zero-order valence-corrected chi connectivity index (χ0v) is 21.1. The third-order valence-corrected chi connectivity index (χ3v) is 5.89. The van der Waals surface area contributed by atoms with Crippen molar-refractivity contribution in [3.63, 3.8) is 0 Å². The fourth-order valence-corrected chi connectivity index (χ4v) is 3.82. The van der Waals surface area contributed by atoms with E-state index in [4.69, 9.17) is 10.5 Å². The molecule has 4 aromatic carbocycles. The monoisotopic (exact) mass is 506 g/mol. The SMILES string of the molecule is COc1ccc(NC(=O)C(NCc2ccccc2)c2ccc(C=CC(=O)Nc3ccccc3N)cc2)cc1.